The molecule has 0 amide bonds. The molecule has 0 fully saturated rings. The second kappa shape index (κ2) is 7.16. The Morgan fingerprint density at radius 2 is 1.19 bits per heavy atom. The van der Waals surface area contributed by atoms with Crippen LogP contribution in [-0.2, 0) is 9.47 Å². The Balaban J connectivity index is 5.97. The summed E-state index contributed by atoms with van der Waals surface area (Å²) in [5.41, 5.74) is 0. The molecular formula is C10H8F14O2. The Morgan fingerprint density at radius 3 is 1.50 bits per heavy atom. The van der Waals surface area contributed by atoms with Crippen molar-refractivity contribution in [2.75, 3.05) is 13.3 Å². The molecule has 0 aromatic heterocycles. The van der Waals surface area contributed by atoms with E-state index in [4.69, 9.17) is 0 Å². The van der Waals surface area contributed by atoms with Gasteiger partial charge in [0, 0.05) is 6.92 Å². The van der Waals surface area contributed by atoms with Gasteiger partial charge in [-0.15, -0.1) is 0 Å². The van der Waals surface area contributed by atoms with Gasteiger partial charge < -0.3 is 4.74 Å². The van der Waals surface area contributed by atoms with E-state index >= 15 is 0 Å². The summed E-state index contributed by atoms with van der Waals surface area (Å²) in [7, 11) is 0. The molecule has 0 heterocycles. The minimum atomic E-state index is -7.26. The van der Waals surface area contributed by atoms with Crippen LogP contribution in [0.2, 0.25) is 0 Å². The summed E-state index contributed by atoms with van der Waals surface area (Å²) in [6.45, 7) is -5.83. The van der Waals surface area contributed by atoms with Gasteiger partial charge in [0.2, 0.25) is 6.17 Å². The maximum atomic E-state index is 13.5. The lowest BCUT2D eigenvalue weighted by Crippen LogP contribution is -2.65. The Labute approximate surface area is 135 Å². The van der Waals surface area contributed by atoms with E-state index in [1.807, 2.05) is 0 Å². The molecule has 0 rings (SSSR count). The lowest BCUT2D eigenvalue weighted by molar-refractivity contribution is -0.523. The van der Waals surface area contributed by atoms with Crippen molar-refractivity contribution in [3.8, 4) is 0 Å². The van der Waals surface area contributed by atoms with Crippen molar-refractivity contribution in [2.24, 2.45) is 0 Å². The second-order valence-electron chi connectivity index (χ2n) is 4.83. The van der Waals surface area contributed by atoms with Crippen LogP contribution >= 0.6 is 0 Å². The first-order valence-electron chi connectivity index (χ1n) is 5.95. The van der Waals surface area contributed by atoms with Crippen LogP contribution in [0, 0.1) is 0 Å². The third-order valence-electron chi connectivity index (χ3n) is 2.43. The van der Waals surface area contributed by atoms with Gasteiger partial charge in [-0.05, 0) is 0 Å². The molecule has 2 nitrogen and oxygen atoms in total. The van der Waals surface area contributed by atoms with Crippen LogP contribution in [-0.4, -0.2) is 55.5 Å². The Hall–Kier alpha value is -1.06. The number of rotatable bonds is 9. The van der Waals surface area contributed by atoms with Gasteiger partial charge in [-0.3, -0.25) is 4.74 Å². The fraction of sp³-hybridized carbons (Fsp3) is 1.00. The number of ether oxygens (including phenoxy) is 2. The lowest BCUT2D eigenvalue weighted by Gasteiger charge is -2.38. The standard InChI is InChI=1S/C10H8F14O2/c1-5(13,14)3-25-10(23,24)7(17,8(18,19)20)26-9(21,22)6(15,16)4(12)2-11/h4H,2-3H2,1H3. The van der Waals surface area contributed by atoms with Gasteiger partial charge in [0.05, 0.1) is 0 Å². The van der Waals surface area contributed by atoms with Crippen molar-refractivity contribution >= 4 is 0 Å². The van der Waals surface area contributed by atoms with E-state index in [1.165, 1.54) is 0 Å². The van der Waals surface area contributed by atoms with Crippen molar-refractivity contribution in [3.63, 3.8) is 0 Å². The monoisotopic (exact) mass is 426 g/mol. The highest BCUT2D eigenvalue weighted by molar-refractivity contribution is 4.93. The van der Waals surface area contributed by atoms with Crippen molar-refractivity contribution in [3.05, 3.63) is 0 Å². The number of hydrogen-bond donors (Lipinski definition) is 0. The van der Waals surface area contributed by atoms with E-state index < -0.39 is 55.5 Å². The Bertz CT molecular complexity index is 469. The zero-order valence-electron chi connectivity index (χ0n) is 12.1. The Morgan fingerprint density at radius 1 is 0.769 bits per heavy atom. The molecule has 16 heteroatoms. The number of alkyl halides is 14. The van der Waals surface area contributed by atoms with Gasteiger partial charge in [-0.1, -0.05) is 0 Å². The van der Waals surface area contributed by atoms with E-state index in [0.29, 0.717) is 0 Å². The molecule has 0 saturated carbocycles. The first kappa shape index (κ1) is 24.9. The van der Waals surface area contributed by atoms with Crippen molar-refractivity contribution in [2.45, 2.75) is 49.2 Å². The van der Waals surface area contributed by atoms with E-state index in [9.17, 15) is 61.5 Å². The molecule has 0 aliphatic rings. The molecule has 0 saturated heterocycles. The normalized spacial score (nSPS) is 18.6. The minimum Gasteiger partial charge on any atom is -0.309 e. The summed E-state index contributed by atoms with van der Waals surface area (Å²) in [6.07, 6.45) is -25.6. The number of hydrogen-bond acceptors (Lipinski definition) is 2. The van der Waals surface area contributed by atoms with E-state index in [1.54, 1.807) is 4.74 Å². The van der Waals surface area contributed by atoms with Crippen molar-refractivity contribution in [1.29, 1.82) is 0 Å². The van der Waals surface area contributed by atoms with Gasteiger partial charge in [0.15, 0.2) is 0 Å². The van der Waals surface area contributed by atoms with Gasteiger partial charge in [0.25, 0.3) is 5.92 Å². The summed E-state index contributed by atoms with van der Waals surface area (Å²) in [5.74, 6) is -18.0. The average Bonchev–Trinajstić information content (AvgIpc) is 2.41. The van der Waals surface area contributed by atoms with Crippen LogP contribution in [0.5, 0.6) is 0 Å². The van der Waals surface area contributed by atoms with Crippen LogP contribution < -0.4 is 0 Å². The average molecular weight is 426 g/mol. The highest BCUT2D eigenvalue weighted by atomic mass is 19.4. The van der Waals surface area contributed by atoms with Crippen LogP contribution in [0.25, 0.3) is 0 Å². The van der Waals surface area contributed by atoms with Crippen molar-refractivity contribution < 1.29 is 70.9 Å². The number of halogens is 14. The molecule has 158 valence electrons. The third-order valence-corrected chi connectivity index (χ3v) is 2.43. The molecule has 2 atom stereocenters. The van der Waals surface area contributed by atoms with Crippen LogP contribution in [0.3, 0.4) is 0 Å². The molecule has 0 radical (unpaired) electrons. The van der Waals surface area contributed by atoms with Gasteiger partial charge in [-0.25, -0.2) is 17.6 Å². The second-order valence-corrected chi connectivity index (χ2v) is 4.83. The zero-order chi connectivity index (χ0) is 21.4. The SMILES string of the molecule is CC(F)(F)COC(F)(F)C(F)(OC(F)(F)C(F)(F)C(F)CF)C(F)(F)F. The zero-order valence-corrected chi connectivity index (χ0v) is 12.1. The van der Waals surface area contributed by atoms with Gasteiger partial charge in [0.1, 0.15) is 13.3 Å². The summed E-state index contributed by atoms with van der Waals surface area (Å²) in [6, 6.07) is 0. The van der Waals surface area contributed by atoms with E-state index in [-0.39, 0.29) is 6.92 Å². The molecule has 0 N–H and O–H groups in total. The molecule has 0 aromatic carbocycles. The lowest BCUT2D eigenvalue weighted by atomic mass is 10.2. The topological polar surface area (TPSA) is 18.5 Å². The highest BCUT2D eigenvalue weighted by Gasteiger charge is 2.80. The highest BCUT2D eigenvalue weighted by Crippen LogP contribution is 2.52. The van der Waals surface area contributed by atoms with Crippen LogP contribution in [0.15, 0.2) is 0 Å². The summed E-state index contributed by atoms with van der Waals surface area (Å²) in [5, 5.41) is 0. The predicted molar refractivity (Wildman–Crippen MR) is 53.3 cm³/mol. The molecule has 0 aliphatic carbocycles. The molecule has 0 spiro atoms. The quantitative estimate of drug-likeness (QED) is 0.482. The molecule has 0 bridgehead atoms. The Kier molecular flexibility index (Phi) is 6.87. The van der Waals surface area contributed by atoms with Gasteiger partial charge >= 0.3 is 30.2 Å². The van der Waals surface area contributed by atoms with E-state index in [2.05, 4.69) is 4.74 Å². The fourth-order valence-electron chi connectivity index (χ4n) is 1.12. The first-order chi connectivity index (χ1) is 11.1. The van der Waals surface area contributed by atoms with Gasteiger partial charge in [-0.2, -0.15) is 43.9 Å². The predicted octanol–water partition coefficient (Wildman–Crippen LogP) is 5.03. The largest absolute Gasteiger partial charge is 0.458 e. The van der Waals surface area contributed by atoms with E-state index in [0.717, 1.165) is 0 Å². The summed E-state index contributed by atoms with van der Waals surface area (Å²) < 4.78 is 182. The third kappa shape index (κ3) is 5.01. The molecule has 0 aliphatic heterocycles. The van der Waals surface area contributed by atoms with Crippen LogP contribution in [0.1, 0.15) is 6.92 Å². The smallest absolute Gasteiger partial charge is 0.309 e. The molecule has 0 aromatic rings. The summed E-state index contributed by atoms with van der Waals surface area (Å²) in [4.78, 5) is 0. The first-order valence-corrected chi connectivity index (χ1v) is 5.95. The van der Waals surface area contributed by atoms with Crippen LogP contribution in [0.4, 0.5) is 61.5 Å². The molecule has 26 heavy (non-hydrogen) atoms. The maximum Gasteiger partial charge on any atom is 0.458 e. The summed E-state index contributed by atoms with van der Waals surface area (Å²) >= 11 is 0. The molecule has 2 unspecified atom stereocenters. The van der Waals surface area contributed by atoms with Crippen molar-refractivity contribution in [1.82, 2.24) is 0 Å². The minimum absolute atomic E-state index is 0.213. The fourth-order valence-corrected chi connectivity index (χ4v) is 1.12. The molecular weight excluding hydrogens is 418 g/mol. The maximum absolute atomic E-state index is 13.5.